The molecule has 0 N–H and O–H groups in total. The van der Waals surface area contributed by atoms with E-state index in [9.17, 15) is 14.9 Å². The van der Waals surface area contributed by atoms with Gasteiger partial charge in [-0.25, -0.2) is 0 Å². The molecule has 1 aromatic heterocycles. The van der Waals surface area contributed by atoms with E-state index in [-0.39, 0.29) is 11.6 Å². The molecule has 2 heterocycles. The molecule has 0 spiro atoms. The first-order valence-corrected chi connectivity index (χ1v) is 9.93. The lowest BCUT2D eigenvalue weighted by Crippen LogP contribution is -2.48. The number of carbonyl (C=O) groups is 1. The lowest BCUT2D eigenvalue weighted by atomic mass is 10.1. The molecule has 1 aliphatic rings. The molecule has 0 radical (unpaired) electrons. The van der Waals surface area contributed by atoms with E-state index in [4.69, 9.17) is 0 Å². The van der Waals surface area contributed by atoms with Gasteiger partial charge in [-0.15, -0.1) is 11.3 Å². The summed E-state index contributed by atoms with van der Waals surface area (Å²) >= 11 is 1.48. The summed E-state index contributed by atoms with van der Waals surface area (Å²) in [5.41, 5.74) is 3.06. The van der Waals surface area contributed by atoms with Crippen molar-refractivity contribution in [3.63, 3.8) is 0 Å². The van der Waals surface area contributed by atoms with Crippen LogP contribution in [0.3, 0.4) is 0 Å². The molecular weight excluding hydrogens is 374 g/mol. The predicted octanol–water partition coefficient (Wildman–Crippen LogP) is 4.29. The highest BCUT2D eigenvalue weighted by atomic mass is 32.1. The topological polar surface area (TPSA) is 66.7 Å². The van der Waals surface area contributed by atoms with Crippen molar-refractivity contribution in [2.24, 2.45) is 0 Å². The van der Waals surface area contributed by atoms with E-state index in [1.54, 1.807) is 12.1 Å². The molecule has 3 aromatic rings. The van der Waals surface area contributed by atoms with Gasteiger partial charge in [0.2, 0.25) is 0 Å². The number of hydrogen-bond acceptors (Lipinski definition) is 5. The normalized spacial score (nSPS) is 14.1. The van der Waals surface area contributed by atoms with E-state index >= 15 is 0 Å². The molecule has 7 heteroatoms. The minimum Gasteiger partial charge on any atom is -0.368 e. The number of non-ortho nitro benzene ring substituents is 1. The maximum atomic E-state index is 13.1. The molecule has 0 atom stereocenters. The lowest BCUT2D eigenvalue weighted by Gasteiger charge is -2.36. The van der Waals surface area contributed by atoms with Crippen LogP contribution in [0.25, 0.3) is 11.1 Å². The second kappa shape index (κ2) is 7.82. The number of carbonyl (C=O) groups excluding carboxylic acids is 1. The van der Waals surface area contributed by atoms with Gasteiger partial charge in [0.15, 0.2) is 0 Å². The van der Waals surface area contributed by atoms with Crippen LogP contribution >= 0.6 is 11.3 Å². The molecule has 28 heavy (non-hydrogen) atoms. The number of amides is 1. The van der Waals surface area contributed by atoms with Crippen LogP contribution in [-0.2, 0) is 0 Å². The summed E-state index contributed by atoms with van der Waals surface area (Å²) in [7, 11) is 0. The maximum absolute atomic E-state index is 13.1. The van der Waals surface area contributed by atoms with Gasteiger partial charge in [0, 0.05) is 49.6 Å². The Hall–Kier alpha value is -3.19. The fraction of sp³-hybridized carbons (Fsp3) is 0.190. The van der Waals surface area contributed by atoms with Crippen LogP contribution in [0.1, 0.15) is 9.67 Å². The van der Waals surface area contributed by atoms with E-state index in [0.717, 1.165) is 21.7 Å². The van der Waals surface area contributed by atoms with Crippen molar-refractivity contribution in [3.05, 3.63) is 81.0 Å². The van der Waals surface area contributed by atoms with Crippen molar-refractivity contribution in [2.45, 2.75) is 0 Å². The van der Waals surface area contributed by atoms with Gasteiger partial charge in [0.05, 0.1) is 9.80 Å². The number of anilines is 1. The van der Waals surface area contributed by atoms with E-state index in [2.05, 4.69) is 4.90 Å². The lowest BCUT2D eigenvalue weighted by molar-refractivity contribution is -0.384. The Morgan fingerprint density at radius 1 is 0.929 bits per heavy atom. The quantitative estimate of drug-likeness (QED) is 0.490. The fourth-order valence-corrected chi connectivity index (χ4v) is 4.30. The van der Waals surface area contributed by atoms with Crippen LogP contribution in [-0.4, -0.2) is 41.9 Å². The van der Waals surface area contributed by atoms with Crippen molar-refractivity contribution in [1.29, 1.82) is 0 Å². The fourth-order valence-electron chi connectivity index (χ4n) is 3.42. The molecule has 1 saturated heterocycles. The Labute approximate surface area is 166 Å². The summed E-state index contributed by atoms with van der Waals surface area (Å²) in [6.07, 6.45) is 0. The summed E-state index contributed by atoms with van der Waals surface area (Å²) in [4.78, 5) is 28.3. The molecule has 1 amide bonds. The van der Waals surface area contributed by atoms with Crippen molar-refractivity contribution >= 4 is 28.6 Å². The minimum atomic E-state index is -0.397. The van der Waals surface area contributed by atoms with E-state index in [1.807, 2.05) is 46.7 Å². The second-order valence-electron chi connectivity index (χ2n) is 6.58. The number of rotatable bonds is 4. The number of benzene rings is 2. The van der Waals surface area contributed by atoms with Gasteiger partial charge in [-0.05, 0) is 29.1 Å². The summed E-state index contributed by atoms with van der Waals surface area (Å²) in [5, 5.41) is 12.8. The highest BCUT2D eigenvalue weighted by Gasteiger charge is 2.25. The number of nitro groups is 1. The Morgan fingerprint density at radius 2 is 1.61 bits per heavy atom. The third-order valence-corrected chi connectivity index (χ3v) is 5.84. The number of piperazine rings is 1. The van der Waals surface area contributed by atoms with Crippen LogP contribution in [0, 0.1) is 10.1 Å². The summed E-state index contributed by atoms with van der Waals surface area (Å²) in [6.45, 7) is 2.66. The zero-order valence-electron chi connectivity index (χ0n) is 15.2. The zero-order chi connectivity index (χ0) is 19.5. The highest BCUT2D eigenvalue weighted by Crippen LogP contribution is 2.30. The molecule has 4 rings (SSSR count). The average molecular weight is 393 g/mol. The molecule has 0 unspecified atom stereocenters. The van der Waals surface area contributed by atoms with E-state index < -0.39 is 4.92 Å². The summed E-state index contributed by atoms with van der Waals surface area (Å²) in [5.74, 6) is 0.0669. The summed E-state index contributed by atoms with van der Waals surface area (Å²) < 4.78 is 0. The molecule has 1 aliphatic heterocycles. The Bertz CT molecular complexity index is 978. The van der Waals surface area contributed by atoms with Gasteiger partial charge >= 0.3 is 0 Å². The van der Waals surface area contributed by atoms with Crippen molar-refractivity contribution < 1.29 is 9.72 Å². The van der Waals surface area contributed by atoms with Gasteiger partial charge in [-0.3, -0.25) is 14.9 Å². The van der Waals surface area contributed by atoms with Crippen LogP contribution in [0.5, 0.6) is 0 Å². The van der Waals surface area contributed by atoms with E-state index in [0.29, 0.717) is 26.2 Å². The zero-order valence-corrected chi connectivity index (χ0v) is 16.0. The third-order valence-electron chi connectivity index (χ3n) is 4.94. The average Bonchev–Trinajstić information content (AvgIpc) is 3.24. The van der Waals surface area contributed by atoms with Crippen molar-refractivity contribution in [3.8, 4) is 11.1 Å². The largest absolute Gasteiger partial charge is 0.368 e. The van der Waals surface area contributed by atoms with Gasteiger partial charge < -0.3 is 9.80 Å². The Morgan fingerprint density at radius 3 is 2.25 bits per heavy atom. The number of nitro benzene ring substituents is 1. The molecule has 142 valence electrons. The molecular formula is C21H19N3O3S. The third kappa shape index (κ3) is 3.61. The Kier molecular flexibility index (Phi) is 5.08. The first kappa shape index (κ1) is 18.2. The van der Waals surface area contributed by atoms with Crippen LogP contribution in [0.2, 0.25) is 0 Å². The molecule has 1 fully saturated rings. The highest BCUT2D eigenvalue weighted by molar-refractivity contribution is 7.12. The van der Waals surface area contributed by atoms with Crippen molar-refractivity contribution in [1.82, 2.24) is 4.90 Å². The molecule has 0 saturated carbocycles. The maximum Gasteiger partial charge on any atom is 0.269 e. The summed E-state index contributed by atoms with van der Waals surface area (Å²) in [6, 6.07) is 18.5. The molecule has 0 aliphatic carbocycles. The number of thiophene rings is 1. The Balaban J connectivity index is 1.44. The standard InChI is InChI=1S/C21H19N3O3S/c25-21(20-19(10-15-28-20)16-4-2-1-3-5-16)23-13-11-22(12-14-23)17-6-8-18(9-7-17)24(26)27/h1-10,15H,11-14H2. The number of nitrogens with zero attached hydrogens (tertiary/aromatic N) is 3. The minimum absolute atomic E-state index is 0.0669. The van der Waals surface area contributed by atoms with Crippen LogP contribution in [0.15, 0.2) is 66.0 Å². The van der Waals surface area contributed by atoms with Crippen LogP contribution < -0.4 is 4.90 Å². The second-order valence-corrected chi connectivity index (χ2v) is 7.50. The van der Waals surface area contributed by atoms with Gasteiger partial charge in [0.25, 0.3) is 11.6 Å². The van der Waals surface area contributed by atoms with E-state index in [1.165, 1.54) is 23.5 Å². The smallest absolute Gasteiger partial charge is 0.269 e. The van der Waals surface area contributed by atoms with Gasteiger partial charge in [-0.2, -0.15) is 0 Å². The number of hydrogen-bond donors (Lipinski definition) is 0. The van der Waals surface area contributed by atoms with Gasteiger partial charge in [-0.1, -0.05) is 30.3 Å². The van der Waals surface area contributed by atoms with Gasteiger partial charge in [0.1, 0.15) is 0 Å². The van der Waals surface area contributed by atoms with Crippen molar-refractivity contribution in [2.75, 3.05) is 31.1 Å². The molecule has 6 nitrogen and oxygen atoms in total. The SMILES string of the molecule is O=C(c1sccc1-c1ccccc1)N1CCN(c2ccc([N+](=O)[O-])cc2)CC1. The van der Waals surface area contributed by atoms with Crippen LogP contribution in [0.4, 0.5) is 11.4 Å². The monoisotopic (exact) mass is 393 g/mol. The predicted molar refractivity (Wildman–Crippen MR) is 111 cm³/mol. The first-order valence-electron chi connectivity index (χ1n) is 9.05. The molecule has 2 aromatic carbocycles. The first-order chi connectivity index (χ1) is 13.6. The molecule has 0 bridgehead atoms.